The van der Waals surface area contributed by atoms with Crippen LogP contribution in [0, 0.1) is 6.92 Å². The van der Waals surface area contributed by atoms with Gasteiger partial charge in [0.25, 0.3) is 0 Å². The Hall–Kier alpha value is -2.87. The molecule has 1 N–H and O–H groups in total. The van der Waals surface area contributed by atoms with Crippen LogP contribution in [0.3, 0.4) is 0 Å². The summed E-state index contributed by atoms with van der Waals surface area (Å²) in [5, 5.41) is 3.64. The lowest BCUT2D eigenvalue weighted by molar-refractivity contribution is 0.572. The van der Waals surface area contributed by atoms with Crippen molar-refractivity contribution in [1.82, 2.24) is 5.32 Å². The third-order valence-electron chi connectivity index (χ3n) is 4.50. The van der Waals surface area contributed by atoms with Crippen LogP contribution in [0.2, 0.25) is 0 Å². The number of hydrogen-bond donors (Lipinski definition) is 1. The highest BCUT2D eigenvalue weighted by atomic mass is 15.1. The van der Waals surface area contributed by atoms with Crippen LogP contribution < -0.4 is 5.32 Å². The van der Waals surface area contributed by atoms with E-state index in [-0.39, 0.29) is 12.1 Å². The standard InChI is InChI=1S/C22H20N2/c1-16-12-14-19(15-13-16)22-23-20(17-8-4-2-5-9-17)21(24-22)18-10-6-3-7-11-18/h2-15,20-21H,1H3,(H,23,24)/t20-,21-/m1/s1. The molecule has 1 heterocycles. The van der Waals surface area contributed by atoms with Crippen LogP contribution >= 0.6 is 0 Å². The monoisotopic (exact) mass is 312 g/mol. The Morgan fingerprint density at radius 1 is 0.708 bits per heavy atom. The minimum absolute atomic E-state index is 0.0879. The third kappa shape index (κ3) is 2.83. The van der Waals surface area contributed by atoms with Crippen LogP contribution in [0.5, 0.6) is 0 Å². The number of aliphatic imine (C=N–C) groups is 1. The molecule has 3 aromatic carbocycles. The Balaban J connectivity index is 1.74. The molecule has 0 radical (unpaired) electrons. The van der Waals surface area contributed by atoms with Crippen molar-refractivity contribution in [2.45, 2.75) is 19.0 Å². The van der Waals surface area contributed by atoms with E-state index in [4.69, 9.17) is 4.99 Å². The summed E-state index contributed by atoms with van der Waals surface area (Å²) in [7, 11) is 0. The highest BCUT2D eigenvalue weighted by Crippen LogP contribution is 2.36. The predicted octanol–water partition coefficient (Wildman–Crippen LogP) is 4.83. The lowest BCUT2D eigenvalue weighted by Crippen LogP contribution is -2.25. The Morgan fingerprint density at radius 3 is 1.92 bits per heavy atom. The van der Waals surface area contributed by atoms with Gasteiger partial charge in [0.05, 0.1) is 6.04 Å². The Bertz CT molecular complexity index is 836. The van der Waals surface area contributed by atoms with Gasteiger partial charge in [0.15, 0.2) is 0 Å². The van der Waals surface area contributed by atoms with E-state index in [1.807, 2.05) is 6.07 Å². The number of nitrogens with one attached hydrogen (secondary N) is 1. The molecule has 0 aromatic heterocycles. The van der Waals surface area contributed by atoms with Crippen molar-refractivity contribution in [2.75, 3.05) is 0 Å². The fourth-order valence-corrected chi connectivity index (χ4v) is 3.19. The first-order chi connectivity index (χ1) is 11.8. The van der Waals surface area contributed by atoms with E-state index < -0.39 is 0 Å². The normalized spacial score (nSPS) is 19.6. The summed E-state index contributed by atoms with van der Waals surface area (Å²) < 4.78 is 0. The summed E-state index contributed by atoms with van der Waals surface area (Å²) in [6, 6.07) is 29.9. The molecule has 0 saturated carbocycles. The van der Waals surface area contributed by atoms with Gasteiger partial charge >= 0.3 is 0 Å². The molecule has 0 aliphatic carbocycles. The minimum atomic E-state index is 0.0879. The van der Waals surface area contributed by atoms with Gasteiger partial charge in [-0.25, -0.2) is 0 Å². The zero-order valence-electron chi connectivity index (χ0n) is 13.7. The van der Waals surface area contributed by atoms with Gasteiger partial charge in [-0.1, -0.05) is 90.5 Å². The number of benzene rings is 3. The Labute approximate surface area is 142 Å². The molecule has 1 aliphatic rings. The predicted molar refractivity (Wildman–Crippen MR) is 99.2 cm³/mol. The molecule has 0 bridgehead atoms. The molecule has 2 heteroatoms. The van der Waals surface area contributed by atoms with Crippen LogP contribution in [0.25, 0.3) is 0 Å². The molecule has 0 amide bonds. The SMILES string of the molecule is Cc1ccc(C2=N[C@H](c3ccccc3)[C@@H](c3ccccc3)N2)cc1. The molecule has 2 nitrogen and oxygen atoms in total. The van der Waals surface area contributed by atoms with E-state index >= 15 is 0 Å². The summed E-state index contributed by atoms with van der Waals surface area (Å²) >= 11 is 0. The van der Waals surface area contributed by atoms with Crippen molar-refractivity contribution in [3.05, 3.63) is 107 Å². The van der Waals surface area contributed by atoms with Crippen molar-refractivity contribution < 1.29 is 0 Å². The molecule has 0 unspecified atom stereocenters. The van der Waals surface area contributed by atoms with Gasteiger partial charge < -0.3 is 5.32 Å². The van der Waals surface area contributed by atoms with E-state index in [1.54, 1.807) is 0 Å². The topological polar surface area (TPSA) is 24.4 Å². The molecule has 2 atom stereocenters. The van der Waals surface area contributed by atoms with E-state index in [0.717, 1.165) is 11.4 Å². The van der Waals surface area contributed by atoms with Crippen LogP contribution in [0.4, 0.5) is 0 Å². The Morgan fingerprint density at radius 2 is 1.29 bits per heavy atom. The number of amidine groups is 1. The van der Waals surface area contributed by atoms with Crippen LogP contribution in [0.1, 0.15) is 34.3 Å². The van der Waals surface area contributed by atoms with Gasteiger partial charge in [0.2, 0.25) is 0 Å². The number of nitrogens with zero attached hydrogens (tertiary/aromatic N) is 1. The third-order valence-corrected chi connectivity index (χ3v) is 4.50. The molecular formula is C22H20N2. The second-order valence-electron chi connectivity index (χ2n) is 6.23. The molecule has 3 aromatic rings. The number of rotatable bonds is 3. The van der Waals surface area contributed by atoms with Crippen LogP contribution in [0.15, 0.2) is 89.9 Å². The zero-order chi connectivity index (χ0) is 16.4. The molecule has 24 heavy (non-hydrogen) atoms. The molecule has 118 valence electrons. The first-order valence-corrected chi connectivity index (χ1v) is 8.32. The maximum atomic E-state index is 5.02. The van der Waals surface area contributed by atoms with Crippen LogP contribution in [-0.2, 0) is 0 Å². The molecular weight excluding hydrogens is 292 g/mol. The van der Waals surface area contributed by atoms with Gasteiger partial charge in [-0.05, 0) is 18.1 Å². The fraction of sp³-hybridized carbons (Fsp3) is 0.136. The van der Waals surface area contributed by atoms with Crippen molar-refractivity contribution >= 4 is 5.84 Å². The maximum Gasteiger partial charge on any atom is 0.129 e. The summed E-state index contributed by atoms with van der Waals surface area (Å²) in [5.41, 5.74) is 4.90. The van der Waals surface area contributed by atoms with Gasteiger partial charge in [0.1, 0.15) is 11.9 Å². The molecule has 4 rings (SSSR count). The van der Waals surface area contributed by atoms with E-state index in [2.05, 4.69) is 91.1 Å². The Kier molecular flexibility index (Phi) is 3.87. The van der Waals surface area contributed by atoms with Gasteiger partial charge in [-0.3, -0.25) is 4.99 Å². The van der Waals surface area contributed by atoms with E-state index in [0.29, 0.717) is 0 Å². The van der Waals surface area contributed by atoms with Crippen molar-refractivity contribution in [3.8, 4) is 0 Å². The molecule has 0 spiro atoms. The van der Waals surface area contributed by atoms with Gasteiger partial charge in [-0.2, -0.15) is 0 Å². The molecule has 0 fully saturated rings. The summed E-state index contributed by atoms with van der Waals surface area (Å²) in [6.45, 7) is 2.10. The molecule has 0 saturated heterocycles. The van der Waals surface area contributed by atoms with E-state index in [1.165, 1.54) is 16.7 Å². The highest BCUT2D eigenvalue weighted by Gasteiger charge is 2.31. The zero-order valence-corrected chi connectivity index (χ0v) is 13.7. The largest absolute Gasteiger partial charge is 0.361 e. The summed E-state index contributed by atoms with van der Waals surface area (Å²) in [4.78, 5) is 5.02. The van der Waals surface area contributed by atoms with Crippen molar-refractivity contribution in [2.24, 2.45) is 4.99 Å². The first kappa shape index (κ1) is 14.7. The smallest absolute Gasteiger partial charge is 0.129 e. The van der Waals surface area contributed by atoms with Crippen molar-refractivity contribution in [1.29, 1.82) is 0 Å². The second-order valence-corrected chi connectivity index (χ2v) is 6.23. The average molecular weight is 312 g/mol. The number of hydrogen-bond acceptors (Lipinski definition) is 2. The van der Waals surface area contributed by atoms with Gasteiger partial charge in [-0.15, -0.1) is 0 Å². The van der Waals surface area contributed by atoms with Gasteiger partial charge in [0, 0.05) is 5.56 Å². The molecule has 1 aliphatic heterocycles. The van der Waals surface area contributed by atoms with E-state index in [9.17, 15) is 0 Å². The quantitative estimate of drug-likeness (QED) is 0.736. The lowest BCUT2D eigenvalue weighted by Gasteiger charge is -2.19. The average Bonchev–Trinajstić information content (AvgIpc) is 3.09. The van der Waals surface area contributed by atoms with Crippen molar-refractivity contribution in [3.63, 3.8) is 0 Å². The van der Waals surface area contributed by atoms with Crippen LogP contribution in [-0.4, -0.2) is 5.84 Å². The lowest BCUT2D eigenvalue weighted by atomic mass is 9.95. The maximum absolute atomic E-state index is 5.02. The highest BCUT2D eigenvalue weighted by molar-refractivity contribution is 6.00. The summed E-state index contributed by atoms with van der Waals surface area (Å²) in [5.74, 6) is 0.970. The first-order valence-electron chi connectivity index (χ1n) is 8.32. The number of aryl methyl sites for hydroxylation is 1. The second kappa shape index (κ2) is 6.32. The minimum Gasteiger partial charge on any atom is -0.361 e. The summed E-state index contributed by atoms with van der Waals surface area (Å²) in [6.07, 6.45) is 0. The fourth-order valence-electron chi connectivity index (χ4n) is 3.19.